The van der Waals surface area contributed by atoms with E-state index in [0.717, 1.165) is 48.2 Å². The predicted octanol–water partition coefficient (Wildman–Crippen LogP) is 4.97. The smallest absolute Gasteiger partial charge is 0.278 e. The SMILES string of the molecule is Cc1ccc(C2=C(N3CCCC(C)C3)C(=O)N(Cc3ccccc3Cl)C2=O)c(C)c1. The fourth-order valence-electron chi connectivity index (χ4n) is 4.53. The van der Waals surface area contributed by atoms with Crippen LogP contribution in [0.2, 0.25) is 5.02 Å². The lowest BCUT2D eigenvalue weighted by molar-refractivity contribution is -0.138. The molecule has 0 aromatic heterocycles. The van der Waals surface area contributed by atoms with Crippen molar-refractivity contribution in [2.24, 2.45) is 5.92 Å². The lowest BCUT2D eigenvalue weighted by Gasteiger charge is -2.33. The van der Waals surface area contributed by atoms with Crippen molar-refractivity contribution in [3.8, 4) is 0 Å². The molecule has 0 aliphatic carbocycles. The Morgan fingerprint density at radius 2 is 1.83 bits per heavy atom. The largest absolute Gasteiger partial charge is 0.366 e. The zero-order chi connectivity index (χ0) is 21.4. The number of halogens is 1. The molecule has 1 saturated heterocycles. The average Bonchev–Trinajstić information content (AvgIpc) is 2.94. The summed E-state index contributed by atoms with van der Waals surface area (Å²) in [5, 5.41) is 0.561. The van der Waals surface area contributed by atoms with Crippen molar-refractivity contribution in [3.63, 3.8) is 0 Å². The van der Waals surface area contributed by atoms with Crippen LogP contribution >= 0.6 is 11.6 Å². The van der Waals surface area contributed by atoms with E-state index < -0.39 is 0 Å². The van der Waals surface area contributed by atoms with E-state index in [1.165, 1.54) is 4.90 Å². The maximum absolute atomic E-state index is 13.6. The molecule has 1 atom stereocenters. The number of amides is 2. The van der Waals surface area contributed by atoms with Gasteiger partial charge in [-0.05, 0) is 55.4 Å². The van der Waals surface area contributed by atoms with E-state index in [-0.39, 0.29) is 18.4 Å². The van der Waals surface area contributed by atoms with E-state index in [4.69, 9.17) is 11.6 Å². The first kappa shape index (κ1) is 20.7. The molecule has 2 aromatic carbocycles. The third-order valence-electron chi connectivity index (χ3n) is 6.05. The molecule has 0 radical (unpaired) electrons. The Bertz CT molecular complexity index is 1040. The van der Waals surface area contributed by atoms with Crippen LogP contribution in [-0.2, 0) is 16.1 Å². The van der Waals surface area contributed by atoms with Crippen LogP contribution in [0.15, 0.2) is 48.2 Å². The van der Waals surface area contributed by atoms with Crippen molar-refractivity contribution in [3.05, 3.63) is 75.4 Å². The maximum Gasteiger partial charge on any atom is 0.278 e. The normalized spacial score (nSPS) is 19.8. The quantitative estimate of drug-likeness (QED) is 0.653. The van der Waals surface area contributed by atoms with Gasteiger partial charge in [-0.25, -0.2) is 0 Å². The third-order valence-corrected chi connectivity index (χ3v) is 6.42. The highest BCUT2D eigenvalue weighted by molar-refractivity contribution is 6.36. The lowest BCUT2D eigenvalue weighted by atomic mass is 9.95. The summed E-state index contributed by atoms with van der Waals surface area (Å²) in [4.78, 5) is 30.6. The number of nitrogens with zero attached hydrogens (tertiary/aromatic N) is 2. The molecular formula is C25H27ClN2O2. The summed E-state index contributed by atoms with van der Waals surface area (Å²) in [5.74, 6) is 0.0382. The van der Waals surface area contributed by atoms with Crippen LogP contribution in [0.4, 0.5) is 0 Å². The first-order chi connectivity index (χ1) is 14.4. The summed E-state index contributed by atoms with van der Waals surface area (Å²) < 4.78 is 0. The zero-order valence-corrected chi connectivity index (χ0v) is 18.5. The minimum absolute atomic E-state index is 0.179. The topological polar surface area (TPSA) is 40.6 Å². The van der Waals surface area contributed by atoms with Crippen molar-refractivity contribution in [1.82, 2.24) is 9.80 Å². The van der Waals surface area contributed by atoms with Crippen LogP contribution in [0, 0.1) is 19.8 Å². The number of hydrogen-bond donors (Lipinski definition) is 0. The van der Waals surface area contributed by atoms with Crippen LogP contribution in [0.3, 0.4) is 0 Å². The van der Waals surface area contributed by atoms with Crippen molar-refractivity contribution in [2.45, 2.75) is 40.2 Å². The van der Waals surface area contributed by atoms with Crippen molar-refractivity contribution in [2.75, 3.05) is 13.1 Å². The Labute approximate surface area is 183 Å². The van der Waals surface area contributed by atoms with E-state index in [0.29, 0.717) is 22.2 Å². The fourth-order valence-corrected chi connectivity index (χ4v) is 4.72. The number of benzene rings is 2. The van der Waals surface area contributed by atoms with E-state index in [2.05, 4.69) is 17.9 Å². The highest BCUT2D eigenvalue weighted by Gasteiger charge is 2.42. The number of likely N-dealkylation sites (tertiary alicyclic amines) is 1. The maximum atomic E-state index is 13.6. The molecule has 4 nitrogen and oxygen atoms in total. The molecule has 0 N–H and O–H groups in total. The highest BCUT2D eigenvalue weighted by atomic mass is 35.5. The first-order valence-electron chi connectivity index (χ1n) is 10.5. The minimum atomic E-state index is -0.236. The highest BCUT2D eigenvalue weighted by Crippen LogP contribution is 2.36. The van der Waals surface area contributed by atoms with E-state index >= 15 is 0 Å². The summed E-state index contributed by atoms with van der Waals surface area (Å²) in [5.41, 5.74) is 4.83. The van der Waals surface area contributed by atoms with Crippen LogP contribution in [0.1, 0.15) is 42.0 Å². The zero-order valence-electron chi connectivity index (χ0n) is 17.7. The summed E-state index contributed by atoms with van der Waals surface area (Å²) in [6.07, 6.45) is 2.17. The molecule has 0 bridgehead atoms. The van der Waals surface area contributed by atoms with Gasteiger partial charge in [0.15, 0.2) is 0 Å². The number of aryl methyl sites for hydroxylation is 2. The van der Waals surface area contributed by atoms with Crippen molar-refractivity contribution < 1.29 is 9.59 Å². The molecule has 156 valence electrons. The number of rotatable bonds is 4. The molecule has 30 heavy (non-hydrogen) atoms. The van der Waals surface area contributed by atoms with E-state index in [1.807, 2.05) is 44.2 Å². The van der Waals surface area contributed by atoms with Gasteiger partial charge in [0.05, 0.1) is 12.1 Å². The van der Waals surface area contributed by atoms with Gasteiger partial charge in [-0.3, -0.25) is 14.5 Å². The first-order valence-corrected chi connectivity index (χ1v) is 10.9. The Balaban J connectivity index is 1.79. The van der Waals surface area contributed by atoms with Crippen LogP contribution in [-0.4, -0.2) is 34.7 Å². The van der Waals surface area contributed by atoms with Gasteiger partial charge in [-0.1, -0.05) is 60.5 Å². The molecular weight excluding hydrogens is 396 g/mol. The summed E-state index contributed by atoms with van der Waals surface area (Å²) in [7, 11) is 0. The Kier molecular flexibility index (Phi) is 5.70. The van der Waals surface area contributed by atoms with Crippen molar-refractivity contribution in [1.29, 1.82) is 0 Å². The second-order valence-corrected chi connectivity index (χ2v) is 8.93. The van der Waals surface area contributed by atoms with E-state index in [9.17, 15) is 9.59 Å². The molecule has 2 amide bonds. The average molecular weight is 423 g/mol. The van der Waals surface area contributed by atoms with Gasteiger partial charge in [0.1, 0.15) is 5.70 Å². The van der Waals surface area contributed by atoms with Gasteiger partial charge in [-0.2, -0.15) is 0 Å². The van der Waals surface area contributed by atoms with Crippen LogP contribution in [0.5, 0.6) is 0 Å². The number of hydrogen-bond acceptors (Lipinski definition) is 3. The monoisotopic (exact) mass is 422 g/mol. The Morgan fingerprint density at radius 1 is 1.07 bits per heavy atom. The third kappa shape index (κ3) is 3.77. The minimum Gasteiger partial charge on any atom is -0.366 e. The standard InChI is InChI=1S/C25H27ClN2O2/c1-16-10-11-20(18(3)13-16)22-23(27-12-6-7-17(2)14-27)25(30)28(24(22)29)15-19-8-4-5-9-21(19)26/h4-5,8-11,13,17H,6-7,12,14-15H2,1-3H3. The lowest BCUT2D eigenvalue weighted by Crippen LogP contribution is -2.39. The number of piperidine rings is 1. The molecule has 4 rings (SSSR count). The number of imide groups is 1. The van der Waals surface area contributed by atoms with Gasteiger partial charge in [-0.15, -0.1) is 0 Å². The number of carbonyl (C=O) groups is 2. The number of carbonyl (C=O) groups excluding carboxylic acids is 2. The molecule has 0 spiro atoms. The van der Waals surface area contributed by atoms with Gasteiger partial charge in [0.2, 0.25) is 0 Å². The van der Waals surface area contributed by atoms with Gasteiger partial charge in [0.25, 0.3) is 11.8 Å². The molecule has 2 aliphatic heterocycles. The van der Waals surface area contributed by atoms with E-state index in [1.54, 1.807) is 6.07 Å². The van der Waals surface area contributed by atoms with Crippen LogP contribution < -0.4 is 0 Å². The molecule has 5 heteroatoms. The Morgan fingerprint density at radius 3 is 2.53 bits per heavy atom. The van der Waals surface area contributed by atoms with Gasteiger partial charge < -0.3 is 4.90 Å². The molecule has 2 heterocycles. The fraction of sp³-hybridized carbons (Fsp3) is 0.360. The molecule has 1 unspecified atom stereocenters. The predicted molar refractivity (Wildman–Crippen MR) is 120 cm³/mol. The summed E-state index contributed by atoms with van der Waals surface area (Å²) in [6, 6.07) is 13.4. The van der Waals surface area contributed by atoms with Crippen molar-refractivity contribution >= 4 is 29.0 Å². The second kappa shape index (κ2) is 8.27. The molecule has 2 aliphatic rings. The molecule has 2 aromatic rings. The second-order valence-electron chi connectivity index (χ2n) is 8.52. The van der Waals surface area contributed by atoms with Gasteiger partial charge in [0, 0.05) is 18.1 Å². The molecule has 1 fully saturated rings. The Hall–Kier alpha value is -2.59. The van der Waals surface area contributed by atoms with Gasteiger partial charge >= 0.3 is 0 Å². The molecule has 0 saturated carbocycles. The van der Waals surface area contributed by atoms with Crippen LogP contribution in [0.25, 0.3) is 5.57 Å². The summed E-state index contributed by atoms with van der Waals surface area (Å²) in [6.45, 7) is 8.00. The summed E-state index contributed by atoms with van der Waals surface area (Å²) >= 11 is 6.33.